The molecule has 1 saturated heterocycles. The highest BCUT2D eigenvalue weighted by Gasteiger charge is 2.44. The summed E-state index contributed by atoms with van der Waals surface area (Å²) in [6.07, 6.45) is -4.38. The first-order chi connectivity index (χ1) is 11.9. The van der Waals surface area contributed by atoms with Crippen LogP contribution in [0.25, 0.3) is 0 Å². The molecule has 1 aromatic carbocycles. The molecular weight excluding hydrogens is 345 g/mol. The largest absolute Gasteiger partial charge is 0.471 e. The number of benzene rings is 1. The number of para-hydroxylation sites is 1. The van der Waals surface area contributed by atoms with Crippen LogP contribution in [-0.4, -0.2) is 43.0 Å². The highest BCUT2D eigenvalue weighted by molar-refractivity contribution is 5.95. The van der Waals surface area contributed by atoms with Gasteiger partial charge in [0.1, 0.15) is 0 Å². The molecule has 0 bridgehead atoms. The summed E-state index contributed by atoms with van der Waals surface area (Å²) in [6.45, 7) is 6.08. The fraction of sp³-hybridized carbons (Fsp3) is 0.579. The SMILES string of the molecule is CN(C(=O)C1CCN(C(=O)C(F)(F)F)CC1)c1ccccc1C(C)(C)C. The van der Waals surface area contributed by atoms with Crippen molar-refractivity contribution < 1.29 is 22.8 Å². The molecule has 1 aliphatic heterocycles. The van der Waals surface area contributed by atoms with Gasteiger partial charge < -0.3 is 9.80 Å². The smallest absolute Gasteiger partial charge is 0.335 e. The molecule has 0 radical (unpaired) electrons. The minimum absolute atomic E-state index is 0.0521. The maximum Gasteiger partial charge on any atom is 0.471 e. The van der Waals surface area contributed by atoms with Crippen molar-refractivity contribution in [2.45, 2.75) is 45.2 Å². The number of carbonyl (C=O) groups excluding carboxylic acids is 2. The standard InChI is InChI=1S/C19H25F3N2O2/c1-18(2,3)14-7-5-6-8-15(14)23(4)16(25)13-9-11-24(12-10-13)17(26)19(20,21)22/h5-8,13H,9-12H2,1-4H3. The highest BCUT2D eigenvalue weighted by Crippen LogP contribution is 2.33. The van der Waals surface area contributed by atoms with E-state index in [-0.39, 0.29) is 43.2 Å². The highest BCUT2D eigenvalue weighted by atomic mass is 19.4. The van der Waals surface area contributed by atoms with E-state index in [9.17, 15) is 22.8 Å². The van der Waals surface area contributed by atoms with Crippen LogP contribution in [0.4, 0.5) is 18.9 Å². The molecule has 2 amide bonds. The molecule has 1 aliphatic rings. The zero-order valence-electron chi connectivity index (χ0n) is 15.6. The third-order valence-electron chi connectivity index (χ3n) is 4.78. The van der Waals surface area contributed by atoms with Crippen LogP contribution in [0, 0.1) is 5.92 Å². The Morgan fingerprint density at radius 3 is 2.12 bits per heavy atom. The number of piperidine rings is 1. The van der Waals surface area contributed by atoms with Crippen LogP contribution in [0.1, 0.15) is 39.2 Å². The van der Waals surface area contributed by atoms with E-state index >= 15 is 0 Å². The molecule has 0 aromatic heterocycles. The Morgan fingerprint density at radius 2 is 1.62 bits per heavy atom. The second-order valence-electron chi connectivity index (χ2n) is 7.73. The van der Waals surface area contributed by atoms with Gasteiger partial charge in [0, 0.05) is 31.7 Å². The molecule has 0 unspecified atom stereocenters. The number of amides is 2. The van der Waals surface area contributed by atoms with Crippen molar-refractivity contribution in [2.24, 2.45) is 5.92 Å². The Labute approximate surface area is 152 Å². The first-order valence-electron chi connectivity index (χ1n) is 8.66. The van der Waals surface area contributed by atoms with Gasteiger partial charge >= 0.3 is 12.1 Å². The van der Waals surface area contributed by atoms with Gasteiger partial charge in [-0.15, -0.1) is 0 Å². The summed E-state index contributed by atoms with van der Waals surface area (Å²) < 4.78 is 37.6. The maximum atomic E-state index is 12.9. The van der Waals surface area contributed by atoms with Crippen molar-refractivity contribution in [3.05, 3.63) is 29.8 Å². The minimum Gasteiger partial charge on any atom is -0.335 e. The van der Waals surface area contributed by atoms with Crippen LogP contribution in [0.5, 0.6) is 0 Å². The topological polar surface area (TPSA) is 40.6 Å². The number of hydrogen-bond donors (Lipinski definition) is 0. The average molecular weight is 370 g/mol. The van der Waals surface area contributed by atoms with E-state index < -0.39 is 12.1 Å². The number of alkyl halides is 3. The summed E-state index contributed by atoms with van der Waals surface area (Å²) in [5.41, 5.74) is 1.69. The summed E-state index contributed by atoms with van der Waals surface area (Å²) >= 11 is 0. The van der Waals surface area contributed by atoms with Gasteiger partial charge in [-0.25, -0.2) is 0 Å². The zero-order valence-corrected chi connectivity index (χ0v) is 15.6. The lowest BCUT2D eigenvalue weighted by Crippen LogP contribution is -2.48. The molecule has 0 atom stereocenters. The predicted octanol–water partition coefficient (Wildman–Crippen LogP) is 3.75. The molecule has 4 nitrogen and oxygen atoms in total. The molecule has 0 N–H and O–H groups in total. The molecule has 7 heteroatoms. The van der Waals surface area contributed by atoms with Crippen molar-refractivity contribution in [2.75, 3.05) is 25.0 Å². The first-order valence-corrected chi connectivity index (χ1v) is 8.66. The van der Waals surface area contributed by atoms with Crippen molar-refractivity contribution in [1.82, 2.24) is 4.90 Å². The van der Waals surface area contributed by atoms with E-state index in [1.165, 1.54) is 0 Å². The van der Waals surface area contributed by atoms with E-state index in [0.717, 1.165) is 16.2 Å². The van der Waals surface area contributed by atoms with Gasteiger partial charge in [-0.1, -0.05) is 39.0 Å². The molecule has 0 saturated carbocycles. The summed E-state index contributed by atoms with van der Waals surface area (Å²) in [5.74, 6) is -2.33. The number of halogens is 3. The van der Waals surface area contributed by atoms with Crippen LogP contribution < -0.4 is 4.90 Å². The molecule has 2 rings (SSSR count). The minimum atomic E-state index is -4.86. The average Bonchev–Trinajstić information content (AvgIpc) is 2.58. The number of rotatable bonds is 2. The van der Waals surface area contributed by atoms with Gasteiger partial charge in [-0.3, -0.25) is 9.59 Å². The monoisotopic (exact) mass is 370 g/mol. The van der Waals surface area contributed by atoms with Crippen molar-refractivity contribution >= 4 is 17.5 Å². The lowest BCUT2D eigenvalue weighted by Gasteiger charge is -2.34. The fourth-order valence-corrected chi connectivity index (χ4v) is 3.30. The number of likely N-dealkylation sites (tertiary alicyclic amines) is 1. The summed E-state index contributed by atoms with van der Waals surface area (Å²) in [6, 6.07) is 7.63. The van der Waals surface area contributed by atoms with Crippen LogP contribution in [0.15, 0.2) is 24.3 Å². The maximum absolute atomic E-state index is 12.9. The Morgan fingerprint density at radius 1 is 1.08 bits per heavy atom. The number of anilines is 1. The van der Waals surface area contributed by atoms with Gasteiger partial charge in [-0.2, -0.15) is 13.2 Å². The first kappa shape index (κ1) is 20.3. The van der Waals surface area contributed by atoms with Gasteiger partial charge in [-0.05, 0) is 29.9 Å². The normalized spacial score (nSPS) is 16.5. The molecule has 0 spiro atoms. The van der Waals surface area contributed by atoms with Gasteiger partial charge in [0.25, 0.3) is 0 Å². The molecule has 1 heterocycles. The summed E-state index contributed by atoms with van der Waals surface area (Å²) in [4.78, 5) is 26.5. The quantitative estimate of drug-likeness (QED) is 0.796. The molecule has 0 aliphatic carbocycles. The molecule has 26 heavy (non-hydrogen) atoms. The van der Waals surface area contributed by atoms with E-state index in [1.54, 1.807) is 11.9 Å². The van der Waals surface area contributed by atoms with Crippen molar-refractivity contribution in [3.63, 3.8) is 0 Å². The fourth-order valence-electron chi connectivity index (χ4n) is 3.30. The van der Waals surface area contributed by atoms with E-state index in [1.807, 2.05) is 24.3 Å². The van der Waals surface area contributed by atoms with Gasteiger partial charge in [0.05, 0.1) is 0 Å². The molecule has 144 valence electrons. The Hall–Kier alpha value is -2.05. The molecule has 1 fully saturated rings. The Bertz CT molecular complexity index is 672. The third-order valence-corrected chi connectivity index (χ3v) is 4.78. The van der Waals surface area contributed by atoms with Crippen LogP contribution >= 0.6 is 0 Å². The van der Waals surface area contributed by atoms with E-state index in [4.69, 9.17) is 0 Å². The second-order valence-corrected chi connectivity index (χ2v) is 7.73. The third kappa shape index (κ3) is 4.37. The van der Waals surface area contributed by atoms with Gasteiger partial charge in [0.15, 0.2) is 0 Å². The number of carbonyl (C=O) groups is 2. The number of hydrogen-bond acceptors (Lipinski definition) is 2. The summed E-state index contributed by atoms with van der Waals surface area (Å²) in [7, 11) is 1.69. The lowest BCUT2D eigenvalue weighted by atomic mass is 9.85. The zero-order chi connectivity index (χ0) is 19.7. The molecule has 1 aromatic rings. The Balaban J connectivity index is 2.09. The van der Waals surface area contributed by atoms with Crippen molar-refractivity contribution in [1.29, 1.82) is 0 Å². The summed E-state index contributed by atoms with van der Waals surface area (Å²) in [5, 5.41) is 0. The van der Waals surface area contributed by atoms with Gasteiger partial charge in [0.2, 0.25) is 5.91 Å². The molecular formula is C19H25F3N2O2. The second kappa shape index (κ2) is 7.29. The van der Waals surface area contributed by atoms with Crippen molar-refractivity contribution in [3.8, 4) is 0 Å². The lowest BCUT2D eigenvalue weighted by molar-refractivity contribution is -0.186. The number of nitrogens with zero attached hydrogens (tertiary/aromatic N) is 2. The predicted molar refractivity (Wildman–Crippen MR) is 93.9 cm³/mol. The van der Waals surface area contributed by atoms with Crippen LogP contribution in [0.3, 0.4) is 0 Å². The Kier molecular flexibility index (Phi) is 5.68. The van der Waals surface area contributed by atoms with Crippen LogP contribution in [-0.2, 0) is 15.0 Å². The van der Waals surface area contributed by atoms with Crippen LogP contribution in [0.2, 0.25) is 0 Å². The van der Waals surface area contributed by atoms with E-state index in [0.29, 0.717) is 0 Å². The van der Waals surface area contributed by atoms with E-state index in [2.05, 4.69) is 20.8 Å².